The van der Waals surface area contributed by atoms with Crippen LogP contribution in [0.3, 0.4) is 0 Å². The van der Waals surface area contributed by atoms with Crippen LogP contribution in [0.2, 0.25) is 0 Å². The molecule has 1 aliphatic rings. The van der Waals surface area contributed by atoms with Gasteiger partial charge in [0.05, 0.1) is 0 Å². The third-order valence-electron chi connectivity index (χ3n) is 3.87. The first-order valence-corrected chi connectivity index (χ1v) is 8.14. The summed E-state index contributed by atoms with van der Waals surface area (Å²) in [6.45, 7) is 5.85. The molecule has 1 aliphatic heterocycles. The Morgan fingerprint density at radius 2 is 2.00 bits per heavy atom. The highest BCUT2D eigenvalue weighted by molar-refractivity contribution is 5.93. The highest BCUT2D eigenvalue weighted by atomic mass is 16.7. The van der Waals surface area contributed by atoms with Crippen molar-refractivity contribution in [2.75, 3.05) is 34.0 Å². The first-order chi connectivity index (χ1) is 11.8. The van der Waals surface area contributed by atoms with E-state index in [1.54, 1.807) is 6.07 Å². The van der Waals surface area contributed by atoms with E-state index in [0.717, 1.165) is 12.1 Å². The van der Waals surface area contributed by atoms with Crippen LogP contribution in [0, 0.1) is 5.41 Å². The summed E-state index contributed by atoms with van der Waals surface area (Å²) >= 11 is 0. The predicted molar refractivity (Wildman–Crippen MR) is 92.7 cm³/mol. The number of carbonyl (C=O) groups excluding carboxylic acids is 1. The molecule has 134 valence electrons. The molecule has 0 fully saturated rings. The van der Waals surface area contributed by atoms with Crippen LogP contribution in [0.25, 0.3) is 11.3 Å². The summed E-state index contributed by atoms with van der Waals surface area (Å²) in [7, 11) is 4.03. The quantitative estimate of drug-likeness (QED) is 0.866. The van der Waals surface area contributed by atoms with Crippen molar-refractivity contribution in [1.29, 1.82) is 0 Å². The number of aromatic nitrogens is 1. The van der Waals surface area contributed by atoms with Gasteiger partial charge in [0, 0.05) is 24.7 Å². The van der Waals surface area contributed by atoms with E-state index in [2.05, 4.69) is 29.2 Å². The average molecular weight is 345 g/mol. The molecule has 7 nitrogen and oxygen atoms in total. The molecule has 1 N–H and O–H groups in total. The summed E-state index contributed by atoms with van der Waals surface area (Å²) in [6, 6.07) is 7.09. The third-order valence-corrected chi connectivity index (χ3v) is 3.87. The maximum Gasteiger partial charge on any atom is 0.273 e. The van der Waals surface area contributed by atoms with Gasteiger partial charge in [-0.3, -0.25) is 4.79 Å². The number of nitrogens with zero attached hydrogens (tertiary/aromatic N) is 2. The van der Waals surface area contributed by atoms with E-state index in [0.29, 0.717) is 23.8 Å². The smallest absolute Gasteiger partial charge is 0.273 e. The Kier molecular flexibility index (Phi) is 4.67. The average Bonchev–Trinajstić information content (AvgIpc) is 3.19. The molecule has 0 spiro atoms. The van der Waals surface area contributed by atoms with Gasteiger partial charge in [-0.05, 0) is 37.7 Å². The zero-order chi connectivity index (χ0) is 18.0. The molecule has 1 aromatic heterocycles. The number of nitrogens with one attached hydrogen (secondary N) is 1. The Balaban J connectivity index is 1.66. The van der Waals surface area contributed by atoms with E-state index >= 15 is 0 Å². The van der Waals surface area contributed by atoms with Crippen LogP contribution >= 0.6 is 0 Å². The molecule has 2 aromatic rings. The summed E-state index contributed by atoms with van der Waals surface area (Å²) < 4.78 is 16.0. The van der Waals surface area contributed by atoms with Crippen LogP contribution in [0.1, 0.15) is 24.3 Å². The fourth-order valence-corrected chi connectivity index (χ4v) is 2.89. The first-order valence-electron chi connectivity index (χ1n) is 8.14. The van der Waals surface area contributed by atoms with Crippen LogP contribution in [0.5, 0.6) is 11.5 Å². The zero-order valence-electron chi connectivity index (χ0n) is 15.0. The summed E-state index contributed by atoms with van der Waals surface area (Å²) in [5, 5.41) is 6.80. The predicted octanol–water partition coefficient (Wildman–Crippen LogP) is 2.39. The third kappa shape index (κ3) is 4.11. The molecular formula is C18H23N3O4. The molecule has 0 unspecified atom stereocenters. The van der Waals surface area contributed by atoms with Crippen molar-refractivity contribution in [3.05, 3.63) is 30.0 Å². The SMILES string of the molecule is CN(C)CC(C)(C)CNC(=O)c1cc(-c2ccc3c(c2)OCO3)on1. The minimum Gasteiger partial charge on any atom is -0.454 e. The minimum atomic E-state index is -0.248. The number of hydrogen-bond acceptors (Lipinski definition) is 6. The number of hydrogen-bond donors (Lipinski definition) is 1. The van der Waals surface area contributed by atoms with E-state index in [9.17, 15) is 4.79 Å². The summed E-state index contributed by atoms with van der Waals surface area (Å²) in [5.74, 6) is 1.62. The van der Waals surface area contributed by atoms with Gasteiger partial charge in [0.15, 0.2) is 23.0 Å². The molecule has 0 saturated carbocycles. The number of carbonyl (C=O) groups is 1. The van der Waals surface area contributed by atoms with E-state index in [1.807, 2.05) is 32.3 Å². The standard InChI is InChI=1S/C18H23N3O4/c1-18(2,10-21(3)4)9-19-17(22)13-8-15(25-20-13)12-5-6-14-16(7-12)24-11-23-14/h5-8H,9-11H2,1-4H3,(H,19,22). The summed E-state index contributed by atoms with van der Waals surface area (Å²) in [5.41, 5.74) is 1.00. The highest BCUT2D eigenvalue weighted by Gasteiger charge is 2.22. The van der Waals surface area contributed by atoms with Crippen molar-refractivity contribution in [3.8, 4) is 22.8 Å². The highest BCUT2D eigenvalue weighted by Crippen LogP contribution is 2.36. The van der Waals surface area contributed by atoms with Gasteiger partial charge in [0.25, 0.3) is 5.91 Å². The van der Waals surface area contributed by atoms with Gasteiger partial charge < -0.3 is 24.2 Å². The van der Waals surface area contributed by atoms with Gasteiger partial charge in [-0.2, -0.15) is 0 Å². The molecule has 0 bridgehead atoms. The van der Waals surface area contributed by atoms with Crippen molar-refractivity contribution in [2.45, 2.75) is 13.8 Å². The lowest BCUT2D eigenvalue weighted by Gasteiger charge is -2.28. The first kappa shape index (κ1) is 17.3. The Bertz CT molecular complexity index is 767. The molecule has 0 aliphatic carbocycles. The molecule has 0 atom stereocenters. The summed E-state index contributed by atoms with van der Waals surface area (Å²) in [6.07, 6.45) is 0. The maximum absolute atomic E-state index is 12.3. The second-order valence-electron chi connectivity index (χ2n) is 7.23. The van der Waals surface area contributed by atoms with Crippen LogP contribution in [-0.2, 0) is 0 Å². The second-order valence-corrected chi connectivity index (χ2v) is 7.23. The normalized spacial score (nSPS) is 13.3. The van der Waals surface area contributed by atoms with E-state index < -0.39 is 0 Å². The molecule has 1 aromatic carbocycles. The Morgan fingerprint density at radius 3 is 2.76 bits per heavy atom. The topological polar surface area (TPSA) is 76.8 Å². The Morgan fingerprint density at radius 1 is 1.24 bits per heavy atom. The van der Waals surface area contributed by atoms with Crippen LogP contribution in [0.15, 0.2) is 28.8 Å². The Labute approximate surface area is 146 Å². The molecular weight excluding hydrogens is 322 g/mol. The Hall–Kier alpha value is -2.54. The number of benzene rings is 1. The van der Waals surface area contributed by atoms with Gasteiger partial charge in [-0.15, -0.1) is 0 Å². The van der Waals surface area contributed by atoms with Crippen LogP contribution in [0.4, 0.5) is 0 Å². The van der Waals surface area contributed by atoms with Gasteiger partial charge in [0.1, 0.15) is 0 Å². The fraction of sp³-hybridized carbons (Fsp3) is 0.444. The lowest BCUT2D eigenvalue weighted by Crippen LogP contribution is -2.40. The maximum atomic E-state index is 12.3. The van der Waals surface area contributed by atoms with E-state index in [-0.39, 0.29) is 23.8 Å². The minimum absolute atomic E-state index is 0.0386. The van der Waals surface area contributed by atoms with Crippen molar-refractivity contribution in [2.24, 2.45) is 5.41 Å². The van der Waals surface area contributed by atoms with Gasteiger partial charge in [-0.1, -0.05) is 19.0 Å². The summed E-state index contributed by atoms with van der Waals surface area (Å²) in [4.78, 5) is 14.4. The molecule has 2 heterocycles. The molecule has 0 saturated heterocycles. The van der Waals surface area contributed by atoms with Crippen LogP contribution < -0.4 is 14.8 Å². The lowest BCUT2D eigenvalue weighted by molar-refractivity contribution is 0.0920. The molecule has 7 heteroatoms. The lowest BCUT2D eigenvalue weighted by atomic mass is 9.93. The van der Waals surface area contributed by atoms with Gasteiger partial charge in [0.2, 0.25) is 6.79 Å². The van der Waals surface area contributed by atoms with Gasteiger partial charge in [-0.25, -0.2) is 0 Å². The van der Waals surface area contributed by atoms with E-state index in [1.165, 1.54) is 0 Å². The van der Waals surface area contributed by atoms with E-state index in [4.69, 9.17) is 14.0 Å². The largest absolute Gasteiger partial charge is 0.454 e. The fourth-order valence-electron chi connectivity index (χ4n) is 2.89. The monoisotopic (exact) mass is 345 g/mol. The molecule has 0 radical (unpaired) electrons. The van der Waals surface area contributed by atoms with Crippen molar-refractivity contribution in [1.82, 2.24) is 15.4 Å². The number of ether oxygens (including phenoxy) is 2. The molecule has 3 rings (SSSR count). The number of fused-ring (bicyclic) bond motifs is 1. The number of amides is 1. The molecule has 1 amide bonds. The van der Waals surface area contributed by atoms with Crippen LogP contribution in [-0.4, -0.2) is 49.9 Å². The van der Waals surface area contributed by atoms with Crippen molar-refractivity contribution in [3.63, 3.8) is 0 Å². The number of rotatable bonds is 6. The zero-order valence-corrected chi connectivity index (χ0v) is 15.0. The molecule has 25 heavy (non-hydrogen) atoms. The second kappa shape index (κ2) is 6.76. The van der Waals surface area contributed by atoms with Crippen molar-refractivity contribution >= 4 is 5.91 Å². The van der Waals surface area contributed by atoms with Crippen molar-refractivity contribution < 1.29 is 18.8 Å². The van der Waals surface area contributed by atoms with Gasteiger partial charge >= 0.3 is 0 Å².